The first-order valence-electron chi connectivity index (χ1n) is 8.39. The summed E-state index contributed by atoms with van der Waals surface area (Å²) in [5, 5.41) is 14.8. The molecule has 3 aromatic carbocycles. The van der Waals surface area contributed by atoms with Gasteiger partial charge >= 0.3 is 0 Å². The van der Waals surface area contributed by atoms with E-state index >= 15 is 0 Å². The molecule has 0 unspecified atom stereocenters. The molecule has 0 aliphatic carbocycles. The second-order valence-corrected chi connectivity index (χ2v) is 5.99. The Balaban J connectivity index is 1.60. The van der Waals surface area contributed by atoms with Crippen LogP contribution in [0.25, 0.3) is 11.1 Å². The molecule has 3 aromatic rings. The zero-order chi connectivity index (χ0) is 18.4. The van der Waals surface area contributed by atoms with Crippen molar-refractivity contribution in [1.82, 2.24) is 0 Å². The average molecular weight is 341 g/mol. The van der Waals surface area contributed by atoms with Gasteiger partial charge in [0.1, 0.15) is 6.04 Å². The van der Waals surface area contributed by atoms with Gasteiger partial charge in [-0.1, -0.05) is 42.5 Å². The minimum atomic E-state index is -0.395. The van der Waals surface area contributed by atoms with Crippen LogP contribution in [-0.2, 0) is 4.79 Å². The number of hydrogen-bond acceptors (Lipinski definition) is 3. The molecule has 1 amide bonds. The third kappa shape index (κ3) is 4.28. The molecule has 0 aliphatic heterocycles. The van der Waals surface area contributed by atoms with Crippen molar-refractivity contribution in [2.45, 2.75) is 13.0 Å². The Kier molecular flexibility index (Phi) is 5.31. The largest absolute Gasteiger partial charge is 0.374 e. The molecule has 0 spiro atoms. The number of nitrogens with zero attached hydrogens (tertiary/aromatic N) is 1. The average Bonchev–Trinajstić information content (AvgIpc) is 2.70. The summed E-state index contributed by atoms with van der Waals surface area (Å²) < 4.78 is 0. The third-order valence-corrected chi connectivity index (χ3v) is 4.05. The van der Waals surface area contributed by atoms with Crippen molar-refractivity contribution in [3.63, 3.8) is 0 Å². The minimum Gasteiger partial charge on any atom is -0.374 e. The topological polar surface area (TPSA) is 64.9 Å². The monoisotopic (exact) mass is 341 g/mol. The lowest BCUT2D eigenvalue weighted by Gasteiger charge is -2.15. The number of nitrogens with one attached hydrogen (secondary N) is 2. The van der Waals surface area contributed by atoms with Gasteiger partial charge in [-0.25, -0.2) is 0 Å². The summed E-state index contributed by atoms with van der Waals surface area (Å²) in [7, 11) is 0. The molecule has 128 valence electrons. The number of benzene rings is 3. The summed E-state index contributed by atoms with van der Waals surface area (Å²) >= 11 is 0. The standard InChI is InChI=1S/C22H19N3O/c1-16(22(26)25-21-11-7-17(15-23)8-12-21)24-20-13-9-19(10-14-20)18-5-3-2-4-6-18/h2-14,16,24H,1H3,(H,25,26)/t16-/m1/s1. The Labute approximate surface area is 153 Å². The molecule has 0 aromatic heterocycles. The van der Waals surface area contributed by atoms with Crippen LogP contribution < -0.4 is 10.6 Å². The van der Waals surface area contributed by atoms with E-state index in [1.165, 1.54) is 0 Å². The highest BCUT2D eigenvalue weighted by atomic mass is 16.2. The quantitative estimate of drug-likeness (QED) is 0.709. The molecule has 1 atom stereocenters. The summed E-state index contributed by atoms with van der Waals surface area (Å²) in [6.07, 6.45) is 0. The highest BCUT2D eigenvalue weighted by Crippen LogP contribution is 2.21. The summed E-state index contributed by atoms with van der Waals surface area (Å²) in [5.74, 6) is -0.137. The Morgan fingerprint density at radius 1 is 0.846 bits per heavy atom. The van der Waals surface area contributed by atoms with Crippen LogP contribution in [0.4, 0.5) is 11.4 Å². The van der Waals surface area contributed by atoms with E-state index in [4.69, 9.17) is 5.26 Å². The molecule has 3 rings (SSSR count). The Morgan fingerprint density at radius 3 is 2.04 bits per heavy atom. The van der Waals surface area contributed by atoms with Crippen LogP contribution in [0.2, 0.25) is 0 Å². The van der Waals surface area contributed by atoms with Crippen molar-refractivity contribution in [3.8, 4) is 17.2 Å². The molecular weight excluding hydrogens is 322 g/mol. The number of carbonyl (C=O) groups is 1. The number of nitriles is 1. The molecule has 0 saturated carbocycles. The van der Waals surface area contributed by atoms with E-state index in [1.54, 1.807) is 24.3 Å². The number of anilines is 2. The van der Waals surface area contributed by atoms with Gasteiger partial charge in [-0.15, -0.1) is 0 Å². The molecule has 4 heteroatoms. The van der Waals surface area contributed by atoms with E-state index in [2.05, 4.69) is 28.8 Å². The molecular formula is C22H19N3O. The number of amides is 1. The van der Waals surface area contributed by atoms with Gasteiger partial charge in [-0.2, -0.15) is 5.26 Å². The lowest BCUT2D eigenvalue weighted by atomic mass is 10.1. The minimum absolute atomic E-state index is 0.137. The van der Waals surface area contributed by atoms with Crippen molar-refractivity contribution < 1.29 is 4.79 Å². The zero-order valence-corrected chi connectivity index (χ0v) is 14.4. The Morgan fingerprint density at radius 2 is 1.42 bits per heavy atom. The van der Waals surface area contributed by atoms with Gasteiger partial charge in [0.05, 0.1) is 11.6 Å². The second-order valence-electron chi connectivity index (χ2n) is 5.99. The molecule has 0 radical (unpaired) electrons. The summed E-state index contributed by atoms with van der Waals surface area (Å²) in [5.41, 5.74) is 4.40. The van der Waals surface area contributed by atoms with Crippen LogP contribution >= 0.6 is 0 Å². The smallest absolute Gasteiger partial charge is 0.246 e. The molecule has 0 bridgehead atoms. The summed E-state index contributed by atoms with van der Waals surface area (Å²) in [4.78, 5) is 12.3. The molecule has 2 N–H and O–H groups in total. The van der Waals surface area contributed by atoms with Crippen LogP contribution in [-0.4, -0.2) is 11.9 Å². The lowest BCUT2D eigenvalue weighted by Crippen LogP contribution is -2.31. The summed E-state index contributed by atoms with van der Waals surface area (Å²) in [6, 6.07) is 26.6. The van der Waals surface area contributed by atoms with Crippen LogP contribution in [0.1, 0.15) is 12.5 Å². The lowest BCUT2D eigenvalue weighted by molar-refractivity contribution is -0.116. The molecule has 0 heterocycles. The first kappa shape index (κ1) is 17.2. The van der Waals surface area contributed by atoms with Gasteiger partial charge in [-0.05, 0) is 54.4 Å². The van der Waals surface area contributed by atoms with Crippen molar-refractivity contribution in [3.05, 3.63) is 84.4 Å². The van der Waals surface area contributed by atoms with Crippen molar-refractivity contribution in [1.29, 1.82) is 5.26 Å². The number of carbonyl (C=O) groups excluding carboxylic acids is 1. The third-order valence-electron chi connectivity index (χ3n) is 4.05. The van der Waals surface area contributed by atoms with E-state index in [-0.39, 0.29) is 5.91 Å². The fourth-order valence-electron chi connectivity index (χ4n) is 2.58. The van der Waals surface area contributed by atoms with Crippen LogP contribution in [0, 0.1) is 11.3 Å². The van der Waals surface area contributed by atoms with Crippen molar-refractivity contribution in [2.75, 3.05) is 10.6 Å². The molecule has 26 heavy (non-hydrogen) atoms. The molecule has 0 saturated heterocycles. The van der Waals surface area contributed by atoms with Crippen LogP contribution in [0.5, 0.6) is 0 Å². The second kappa shape index (κ2) is 8.00. The predicted octanol–water partition coefficient (Wildman–Crippen LogP) is 4.66. The van der Waals surface area contributed by atoms with Gasteiger partial charge < -0.3 is 10.6 Å². The Hall–Kier alpha value is -3.58. The van der Waals surface area contributed by atoms with Gasteiger partial charge in [0.2, 0.25) is 5.91 Å². The van der Waals surface area contributed by atoms with E-state index in [9.17, 15) is 4.79 Å². The first-order chi connectivity index (χ1) is 12.7. The van der Waals surface area contributed by atoms with Gasteiger partial charge in [-0.3, -0.25) is 4.79 Å². The number of hydrogen-bond donors (Lipinski definition) is 2. The SMILES string of the molecule is C[C@@H](Nc1ccc(-c2ccccc2)cc1)C(=O)Nc1ccc(C#N)cc1. The van der Waals surface area contributed by atoms with E-state index in [1.807, 2.05) is 49.4 Å². The fourth-order valence-corrected chi connectivity index (χ4v) is 2.58. The zero-order valence-electron chi connectivity index (χ0n) is 14.4. The van der Waals surface area contributed by atoms with Crippen molar-refractivity contribution >= 4 is 17.3 Å². The normalized spacial score (nSPS) is 11.2. The Bertz CT molecular complexity index is 910. The van der Waals surface area contributed by atoms with Gasteiger partial charge in [0, 0.05) is 11.4 Å². The summed E-state index contributed by atoms with van der Waals surface area (Å²) in [6.45, 7) is 1.81. The van der Waals surface area contributed by atoms with Crippen LogP contribution in [0.15, 0.2) is 78.9 Å². The number of rotatable bonds is 5. The first-order valence-corrected chi connectivity index (χ1v) is 8.39. The molecule has 4 nitrogen and oxygen atoms in total. The molecule has 0 aliphatic rings. The maximum absolute atomic E-state index is 12.3. The van der Waals surface area contributed by atoms with Crippen LogP contribution in [0.3, 0.4) is 0 Å². The highest BCUT2D eigenvalue weighted by Gasteiger charge is 2.13. The maximum atomic E-state index is 12.3. The van der Waals surface area contributed by atoms with Gasteiger partial charge in [0.15, 0.2) is 0 Å². The molecule has 0 fully saturated rings. The maximum Gasteiger partial charge on any atom is 0.246 e. The van der Waals surface area contributed by atoms with Crippen molar-refractivity contribution in [2.24, 2.45) is 0 Å². The fraction of sp³-hybridized carbons (Fsp3) is 0.0909. The van der Waals surface area contributed by atoms with E-state index in [0.717, 1.165) is 16.8 Å². The van der Waals surface area contributed by atoms with Gasteiger partial charge in [0.25, 0.3) is 0 Å². The highest BCUT2D eigenvalue weighted by molar-refractivity contribution is 5.96. The van der Waals surface area contributed by atoms with E-state index in [0.29, 0.717) is 11.3 Å². The predicted molar refractivity (Wildman–Crippen MR) is 105 cm³/mol. The van der Waals surface area contributed by atoms with E-state index < -0.39 is 6.04 Å².